The van der Waals surface area contributed by atoms with Crippen LogP contribution in [0.1, 0.15) is 26.7 Å². The molecule has 0 aromatic heterocycles. The van der Waals surface area contributed by atoms with E-state index in [1.807, 2.05) is 11.8 Å². The van der Waals surface area contributed by atoms with Crippen LogP contribution in [0, 0.1) is 5.92 Å². The molecule has 1 heterocycles. The zero-order valence-corrected chi connectivity index (χ0v) is 17.2. The van der Waals surface area contributed by atoms with Gasteiger partial charge in [-0.1, -0.05) is 6.92 Å². The van der Waals surface area contributed by atoms with Gasteiger partial charge in [0, 0.05) is 32.4 Å². The molecular weight excluding hydrogens is 433 g/mol. The van der Waals surface area contributed by atoms with Crippen LogP contribution in [0.3, 0.4) is 0 Å². The van der Waals surface area contributed by atoms with Crippen LogP contribution in [-0.4, -0.2) is 70.0 Å². The van der Waals surface area contributed by atoms with Crippen LogP contribution < -0.4 is 5.32 Å². The van der Waals surface area contributed by atoms with E-state index < -0.39 is 9.84 Å². The number of piperidine rings is 1. The van der Waals surface area contributed by atoms with Gasteiger partial charge in [-0.25, -0.2) is 8.42 Å². The van der Waals surface area contributed by atoms with E-state index in [1.54, 1.807) is 14.0 Å². The third-order valence-corrected chi connectivity index (χ3v) is 5.47. The van der Waals surface area contributed by atoms with Crippen molar-refractivity contribution in [1.82, 2.24) is 10.2 Å². The zero-order valence-electron chi connectivity index (χ0n) is 14.1. The molecule has 1 N–H and O–H groups in total. The summed E-state index contributed by atoms with van der Waals surface area (Å²) in [6.07, 6.45) is 1.46. The van der Waals surface area contributed by atoms with E-state index in [1.165, 1.54) is 0 Å². The molecular formula is C14H28IN3O4S. The lowest BCUT2D eigenvalue weighted by Gasteiger charge is -2.33. The lowest BCUT2D eigenvalue weighted by atomic mass is 9.97. The number of aliphatic imine (C=N–C) groups is 1. The minimum Gasteiger partial charge on any atom is -0.466 e. The van der Waals surface area contributed by atoms with E-state index in [4.69, 9.17) is 4.74 Å². The van der Waals surface area contributed by atoms with E-state index in [0.717, 1.165) is 12.8 Å². The fraction of sp³-hybridized carbons (Fsp3) is 0.857. The predicted octanol–water partition coefficient (Wildman–Crippen LogP) is 0.890. The lowest BCUT2D eigenvalue weighted by molar-refractivity contribution is -0.149. The van der Waals surface area contributed by atoms with Crippen LogP contribution in [-0.2, 0) is 19.4 Å². The third kappa shape index (κ3) is 7.69. The van der Waals surface area contributed by atoms with Crippen molar-refractivity contribution in [3.8, 4) is 0 Å². The molecule has 1 aliphatic heterocycles. The van der Waals surface area contributed by atoms with Crippen molar-refractivity contribution in [1.29, 1.82) is 0 Å². The summed E-state index contributed by atoms with van der Waals surface area (Å²) in [5.41, 5.74) is 0. The highest BCUT2D eigenvalue weighted by Crippen LogP contribution is 2.18. The number of sulfone groups is 1. The monoisotopic (exact) mass is 461 g/mol. The molecule has 9 heteroatoms. The maximum Gasteiger partial charge on any atom is 0.309 e. The first kappa shape index (κ1) is 22.4. The van der Waals surface area contributed by atoms with Gasteiger partial charge < -0.3 is 15.0 Å². The standard InChI is InChI=1S/C14H27N3O4S.HI/c1-4-21-13(18)12-6-9-17(10-7-12)14(15-3)16-8-11-22(19,20)5-2;/h12H,4-11H2,1-3H3,(H,15,16);1H. The van der Waals surface area contributed by atoms with Crippen LogP contribution in [0.15, 0.2) is 4.99 Å². The summed E-state index contributed by atoms with van der Waals surface area (Å²) in [7, 11) is -1.30. The quantitative estimate of drug-likeness (QED) is 0.274. The number of halogens is 1. The second kappa shape index (κ2) is 11.1. The van der Waals surface area contributed by atoms with Gasteiger partial charge >= 0.3 is 5.97 Å². The maximum absolute atomic E-state index is 11.7. The lowest BCUT2D eigenvalue weighted by Crippen LogP contribution is -2.47. The van der Waals surface area contributed by atoms with Crippen LogP contribution in [0.5, 0.6) is 0 Å². The van der Waals surface area contributed by atoms with Crippen LogP contribution >= 0.6 is 24.0 Å². The summed E-state index contributed by atoms with van der Waals surface area (Å²) in [6, 6.07) is 0. The van der Waals surface area contributed by atoms with E-state index in [0.29, 0.717) is 32.2 Å². The predicted molar refractivity (Wildman–Crippen MR) is 102 cm³/mol. The number of hydrogen-bond donors (Lipinski definition) is 1. The Hall–Kier alpha value is -0.580. The topological polar surface area (TPSA) is 88.1 Å². The summed E-state index contributed by atoms with van der Waals surface area (Å²) in [5, 5.41) is 3.08. The van der Waals surface area contributed by atoms with Crippen molar-refractivity contribution >= 4 is 45.7 Å². The SMILES string of the molecule is CCOC(=O)C1CCN(C(=NC)NCCS(=O)(=O)CC)CC1.I. The van der Waals surface area contributed by atoms with Gasteiger partial charge in [-0.2, -0.15) is 0 Å². The molecule has 0 spiro atoms. The molecule has 1 fully saturated rings. The highest BCUT2D eigenvalue weighted by atomic mass is 127. The summed E-state index contributed by atoms with van der Waals surface area (Å²) >= 11 is 0. The van der Waals surface area contributed by atoms with Crippen molar-refractivity contribution in [2.45, 2.75) is 26.7 Å². The van der Waals surface area contributed by atoms with E-state index in [-0.39, 0.29) is 47.4 Å². The number of carbonyl (C=O) groups is 1. The minimum absolute atomic E-state index is 0. The largest absolute Gasteiger partial charge is 0.466 e. The Labute approximate surface area is 156 Å². The number of esters is 1. The highest BCUT2D eigenvalue weighted by Gasteiger charge is 2.27. The first-order valence-electron chi connectivity index (χ1n) is 7.76. The number of nitrogens with zero attached hydrogens (tertiary/aromatic N) is 2. The number of nitrogens with one attached hydrogen (secondary N) is 1. The third-order valence-electron chi connectivity index (χ3n) is 3.76. The van der Waals surface area contributed by atoms with Crippen LogP contribution in [0.2, 0.25) is 0 Å². The van der Waals surface area contributed by atoms with Crippen molar-refractivity contribution in [2.75, 3.05) is 44.8 Å². The van der Waals surface area contributed by atoms with Gasteiger partial charge in [-0.05, 0) is 19.8 Å². The number of likely N-dealkylation sites (tertiary alicyclic amines) is 1. The molecule has 1 saturated heterocycles. The van der Waals surface area contributed by atoms with Gasteiger partial charge in [0.25, 0.3) is 0 Å². The Kier molecular flexibility index (Phi) is 10.8. The van der Waals surface area contributed by atoms with Crippen molar-refractivity contribution in [3.05, 3.63) is 0 Å². The first-order chi connectivity index (χ1) is 10.4. The van der Waals surface area contributed by atoms with Gasteiger partial charge in [-0.15, -0.1) is 24.0 Å². The zero-order chi connectivity index (χ0) is 16.6. The normalized spacial score (nSPS) is 16.7. The van der Waals surface area contributed by atoms with Gasteiger partial charge in [-0.3, -0.25) is 9.79 Å². The number of ether oxygens (including phenoxy) is 1. The molecule has 0 bridgehead atoms. The molecule has 0 unspecified atom stereocenters. The highest BCUT2D eigenvalue weighted by molar-refractivity contribution is 14.0. The Morgan fingerprint density at radius 2 is 1.91 bits per heavy atom. The molecule has 0 aliphatic carbocycles. The minimum atomic E-state index is -2.98. The number of rotatable bonds is 6. The molecule has 0 aromatic rings. The van der Waals surface area contributed by atoms with Crippen molar-refractivity contribution < 1.29 is 17.9 Å². The maximum atomic E-state index is 11.7. The fourth-order valence-electron chi connectivity index (χ4n) is 2.38. The Balaban J connectivity index is 0.00000484. The molecule has 1 aliphatic rings. The summed E-state index contributed by atoms with van der Waals surface area (Å²) in [4.78, 5) is 17.9. The molecule has 1 rings (SSSR count). The first-order valence-corrected chi connectivity index (χ1v) is 9.58. The second-order valence-corrected chi connectivity index (χ2v) is 7.70. The molecule has 0 atom stereocenters. The van der Waals surface area contributed by atoms with Crippen molar-refractivity contribution in [2.24, 2.45) is 10.9 Å². The van der Waals surface area contributed by atoms with Crippen LogP contribution in [0.25, 0.3) is 0 Å². The van der Waals surface area contributed by atoms with E-state index in [2.05, 4.69) is 10.3 Å². The number of carbonyl (C=O) groups excluding carboxylic acids is 1. The molecule has 0 amide bonds. The molecule has 23 heavy (non-hydrogen) atoms. The molecule has 136 valence electrons. The number of guanidine groups is 1. The summed E-state index contributed by atoms with van der Waals surface area (Å²) < 4.78 is 28.0. The average molecular weight is 461 g/mol. The molecule has 7 nitrogen and oxygen atoms in total. The summed E-state index contributed by atoms with van der Waals surface area (Å²) in [6.45, 7) is 5.63. The Morgan fingerprint density at radius 3 is 2.39 bits per heavy atom. The smallest absolute Gasteiger partial charge is 0.309 e. The van der Waals surface area contributed by atoms with Gasteiger partial charge in [0.05, 0.1) is 18.3 Å². The van der Waals surface area contributed by atoms with Crippen LogP contribution in [0.4, 0.5) is 0 Å². The van der Waals surface area contributed by atoms with Crippen molar-refractivity contribution in [3.63, 3.8) is 0 Å². The number of hydrogen-bond acceptors (Lipinski definition) is 5. The van der Waals surface area contributed by atoms with E-state index >= 15 is 0 Å². The van der Waals surface area contributed by atoms with E-state index in [9.17, 15) is 13.2 Å². The molecule has 0 radical (unpaired) electrons. The summed E-state index contributed by atoms with van der Waals surface area (Å²) in [5.74, 6) is 0.766. The van der Waals surface area contributed by atoms with Gasteiger partial charge in [0.2, 0.25) is 0 Å². The second-order valence-electron chi connectivity index (χ2n) is 5.22. The molecule has 0 aromatic carbocycles. The average Bonchev–Trinajstić information content (AvgIpc) is 2.52. The fourth-order valence-corrected chi connectivity index (χ4v) is 3.08. The Morgan fingerprint density at radius 1 is 1.30 bits per heavy atom. The van der Waals surface area contributed by atoms with Gasteiger partial charge in [0.15, 0.2) is 15.8 Å². The van der Waals surface area contributed by atoms with Gasteiger partial charge in [0.1, 0.15) is 0 Å². The Bertz CT molecular complexity index is 488. The molecule has 0 saturated carbocycles.